The Morgan fingerprint density at radius 2 is 1.73 bits per heavy atom. The zero-order valence-corrected chi connectivity index (χ0v) is 21.1. The highest BCUT2D eigenvalue weighted by molar-refractivity contribution is 6.40. The number of rotatable bonds is 4. The molecular weight excluding hydrogens is 477 g/mol. The van der Waals surface area contributed by atoms with Crippen molar-refractivity contribution in [3.8, 4) is 0 Å². The van der Waals surface area contributed by atoms with E-state index in [9.17, 15) is 13.2 Å². The molecule has 3 unspecified atom stereocenters. The van der Waals surface area contributed by atoms with Crippen molar-refractivity contribution in [3.63, 3.8) is 0 Å². The van der Waals surface area contributed by atoms with Gasteiger partial charge in [-0.25, -0.2) is 0 Å². The fraction of sp³-hybridized carbons (Fsp3) is 0.654. The van der Waals surface area contributed by atoms with Gasteiger partial charge < -0.3 is 26.8 Å². The molecule has 0 spiro atoms. The first kappa shape index (κ1) is 31.1. The van der Waals surface area contributed by atoms with Crippen molar-refractivity contribution in [3.05, 3.63) is 47.6 Å². The molecule has 3 atom stereocenters. The van der Waals surface area contributed by atoms with Gasteiger partial charge in [-0.2, -0.15) is 13.2 Å². The molecule has 6 N–H and O–H groups in total. The van der Waals surface area contributed by atoms with Crippen molar-refractivity contribution in [2.45, 2.75) is 70.5 Å². The van der Waals surface area contributed by atoms with Crippen molar-refractivity contribution in [2.24, 2.45) is 35.0 Å². The Balaban J connectivity index is 0.000000255. The molecule has 37 heavy (non-hydrogen) atoms. The van der Waals surface area contributed by atoms with Crippen LogP contribution < -0.4 is 17.2 Å². The first-order chi connectivity index (χ1) is 16.7. The smallest absolute Gasteiger partial charge is 0.398 e. The fourth-order valence-electron chi connectivity index (χ4n) is 5.58. The number of halogens is 3. The van der Waals surface area contributed by atoms with Gasteiger partial charge in [-0.15, -0.1) is 0 Å². The van der Waals surface area contributed by atoms with E-state index in [2.05, 4.69) is 23.7 Å². The third-order valence-electron chi connectivity index (χ3n) is 7.47. The van der Waals surface area contributed by atoms with Gasteiger partial charge in [0, 0.05) is 37.2 Å². The Labute approximate surface area is 222 Å². The maximum absolute atomic E-state index is 12.6. The Bertz CT molecular complexity index is 952. The van der Waals surface area contributed by atoms with Crippen LogP contribution in [-0.2, 0) is 10.9 Å². The molecule has 0 amide bonds. The highest BCUT2D eigenvalue weighted by Gasteiger charge is 2.45. The first-order valence-electron chi connectivity index (χ1n) is 12.4. The lowest BCUT2D eigenvalue weighted by Gasteiger charge is -2.49. The molecule has 202 valence electrons. The number of ether oxygens (including phenoxy) is 1. The summed E-state index contributed by atoms with van der Waals surface area (Å²) in [6, 6.07) is 2.59. The van der Waals surface area contributed by atoms with Crippen LogP contribution in [0, 0.1) is 17.8 Å². The lowest BCUT2D eigenvalue weighted by molar-refractivity contribution is -0.141. The summed E-state index contributed by atoms with van der Waals surface area (Å²) in [6.45, 7) is 7.29. The van der Waals surface area contributed by atoms with Crippen LogP contribution in [-0.4, -0.2) is 56.2 Å². The summed E-state index contributed by atoms with van der Waals surface area (Å²) in [4.78, 5) is 5.64. The van der Waals surface area contributed by atoms with Crippen molar-refractivity contribution in [1.29, 1.82) is 0 Å². The number of hydrogen-bond acceptors (Lipinski definition) is 6. The van der Waals surface area contributed by atoms with E-state index in [4.69, 9.17) is 37.6 Å². The number of alkyl halides is 3. The van der Waals surface area contributed by atoms with E-state index in [0.717, 1.165) is 50.6 Å². The molecule has 6 nitrogen and oxygen atoms in total. The summed E-state index contributed by atoms with van der Waals surface area (Å²) >= 11 is 0. The standard InChI is InChI=1S/C15H25B2NO.C10H11F3N4.CH4/c1-14(2)8-13(6-7-19-14)15(16,17)18-9-11-4-3-5-12(11)10-18;11-10(12,13)9-6(2-1-5-17-9)7(14)3-4-8(15)16;/h11-13H,3-10H2,1-2H3;1-5H,14-16H2;1H4/b;7-3-;. The molecule has 1 saturated carbocycles. The van der Waals surface area contributed by atoms with E-state index in [0.29, 0.717) is 5.92 Å². The van der Waals surface area contributed by atoms with Gasteiger partial charge in [-0.05, 0) is 81.6 Å². The van der Waals surface area contributed by atoms with Crippen molar-refractivity contribution in [2.75, 3.05) is 19.7 Å². The van der Waals surface area contributed by atoms with Crippen molar-refractivity contribution in [1.82, 2.24) is 9.88 Å². The third-order valence-corrected chi connectivity index (χ3v) is 7.47. The molecule has 1 aromatic rings. The van der Waals surface area contributed by atoms with Crippen LogP contribution in [0.3, 0.4) is 0 Å². The molecule has 1 aliphatic carbocycles. The molecule has 4 radical (unpaired) electrons. The van der Waals surface area contributed by atoms with Gasteiger partial charge in [0.15, 0.2) is 5.69 Å². The van der Waals surface area contributed by atoms with Gasteiger partial charge in [0.05, 0.1) is 27.1 Å². The highest BCUT2D eigenvalue weighted by Crippen LogP contribution is 2.43. The van der Waals surface area contributed by atoms with Crippen LogP contribution in [0.5, 0.6) is 0 Å². The van der Waals surface area contributed by atoms with E-state index >= 15 is 0 Å². The summed E-state index contributed by atoms with van der Waals surface area (Å²) < 4.78 is 43.6. The lowest BCUT2D eigenvalue weighted by atomic mass is 9.51. The van der Waals surface area contributed by atoms with Gasteiger partial charge in [-0.3, -0.25) is 4.98 Å². The largest absolute Gasteiger partial charge is 0.434 e. The van der Waals surface area contributed by atoms with E-state index in [1.54, 1.807) is 0 Å². The number of nitrogens with zero attached hydrogens (tertiary/aromatic N) is 2. The second kappa shape index (κ2) is 12.2. The number of likely N-dealkylation sites (tertiary alicyclic amines) is 1. The van der Waals surface area contributed by atoms with E-state index in [1.807, 2.05) is 0 Å². The Morgan fingerprint density at radius 3 is 2.27 bits per heavy atom. The third kappa shape index (κ3) is 7.93. The van der Waals surface area contributed by atoms with Crippen molar-refractivity contribution < 1.29 is 17.9 Å². The predicted octanol–water partition coefficient (Wildman–Crippen LogP) is 3.71. The zero-order valence-electron chi connectivity index (χ0n) is 21.1. The Hall–Kier alpha value is -2.13. The highest BCUT2D eigenvalue weighted by atomic mass is 19.4. The number of fused-ring (bicyclic) bond motifs is 1. The Morgan fingerprint density at radius 1 is 1.11 bits per heavy atom. The average molecular weight is 517 g/mol. The van der Waals surface area contributed by atoms with Crippen LogP contribution in [0.2, 0.25) is 0 Å². The minimum Gasteiger partial charge on any atom is -0.398 e. The summed E-state index contributed by atoms with van der Waals surface area (Å²) in [5.41, 5.74) is 14.3. The van der Waals surface area contributed by atoms with Gasteiger partial charge >= 0.3 is 6.18 Å². The number of allylic oxidation sites excluding steroid dienone is 2. The van der Waals surface area contributed by atoms with Crippen LogP contribution in [0.1, 0.15) is 64.6 Å². The molecule has 4 rings (SSSR count). The maximum Gasteiger partial charge on any atom is 0.434 e. The Kier molecular flexibility index (Phi) is 10.2. The summed E-state index contributed by atoms with van der Waals surface area (Å²) in [7, 11) is 13.1. The van der Waals surface area contributed by atoms with E-state index < -0.39 is 17.2 Å². The second-order valence-electron chi connectivity index (χ2n) is 10.7. The summed E-state index contributed by atoms with van der Waals surface area (Å²) in [5.74, 6) is 1.99. The lowest BCUT2D eigenvalue weighted by Crippen LogP contribution is -2.57. The van der Waals surface area contributed by atoms with Crippen LogP contribution in [0.4, 0.5) is 13.2 Å². The number of pyridine rings is 1. The molecule has 0 aromatic carbocycles. The average Bonchev–Trinajstić information content (AvgIpc) is 3.40. The van der Waals surface area contributed by atoms with E-state index in [-0.39, 0.29) is 30.1 Å². The van der Waals surface area contributed by atoms with Gasteiger partial charge in [0.1, 0.15) is 0 Å². The van der Waals surface area contributed by atoms with Crippen LogP contribution in [0.25, 0.3) is 5.70 Å². The molecule has 2 aliphatic heterocycles. The fourth-order valence-corrected chi connectivity index (χ4v) is 5.58. The SMILES string of the molecule is C.NC(N)=C/C=C(\N)c1cccnc1C(F)(F)F.[B]C([B])(C1CCOC(C)(C)C1)N1CC2CCCC2C1. The topological polar surface area (TPSA) is 103 Å². The molecule has 3 fully saturated rings. The first-order valence-corrected chi connectivity index (χ1v) is 12.4. The molecule has 3 heterocycles. The molecule has 3 aliphatic rings. The summed E-state index contributed by atoms with van der Waals surface area (Å²) in [5, 5.41) is -0.647. The van der Waals surface area contributed by atoms with Gasteiger partial charge in [-0.1, -0.05) is 19.2 Å². The maximum atomic E-state index is 12.6. The molecule has 1 aromatic heterocycles. The molecular formula is C26H40B2F3N5O. The van der Waals surface area contributed by atoms with E-state index in [1.165, 1.54) is 43.5 Å². The number of nitrogens with two attached hydrogens (primary N) is 3. The number of hydrogen-bond donors (Lipinski definition) is 3. The minimum atomic E-state index is -4.56. The monoisotopic (exact) mass is 517 g/mol. The number of aromatic nitrogens is 1. The normalized spacial score (nSPS) is 25.9. The van der Waals surface area contributed by atoms with Gasteiger partial charge in [0.25, 0.3) is 0 Å². The quantitative estimate of drug-likeness (QED) is 0.416. The summed E-state index contributed by atoms with van der Waals surface area (Å²) in [6.07, 6.45) is 4.99. The minimum absolute atomic E-state index is 0. The van der Waals surface area contributed by atoms with Crippen LogP contribution >= 0.6 is 0 Å². The molecule has 11 heteroatoms. The molecule has 2 saturated heterocycles. The van der Waals surface area contributed by atoms with Crippen LogP contribution in [0.15, 0.2) is 36.3 Å². The van der Waals surface area contributed by atoms with Gasteiger partial charge in [0.2, 0.25) is 0 Å². The second-order valence-corrected chi connectivity index (χ2v) is 10.7. The zero-order chi connectivity index (χ0) is 26.7. The molecule has 0 bridgehead atoms. The van der Waals surface area contributed by atoms with Crippen molar-refractivity contribution >= 4 is 21.4 Å². The predicted molar refractivity (Wildman–Crippen MR) is 144 cm³/mol.